The molecule has 0 unspecified atom stereocenters. The number of hydrogen-bond donors (Lipinski definition) is 1. The van der Waals surface area contributed by atoms with Gasteiger partial charge in [-0.2, -0.15) is 0 Å². The second-order valence-electron chi connectivity index (χ2n) is 5.73. The van der Waals surface area contributed by atoms with Gasteiger partial charge < -0.3 is 10.2 Å². The molecule has 0 bridgehead atoms. The first-order valence-corrected chi connectivity index (χ1v) is 7.45. The van der Waals surface area contributed by atoms with E-state index >= 15 is 0 Å². The zero-order valence-corrected chi connectivity index (χ0v) is 13.4. The molecule has 0 radical (unpaired) electrons. The highest BCUT2D eigenvalue weighted by molar-refractivity contribution is 5.94. The fourth-order valence-corrected chi connectivity index (χ4v) is 2.24. The normalized spacial score (nSPS) is 10.7. The largest absolute Gasteiger partial charge is 0.360 e. The minimum absolute atomic E-state index is 0.0241. The van der Waals surface area contributed by atoms with Crippen LogP contribution in [0, 0.1) is 18.6 Å². The van der Waals surface area contributed by atoms with E-state index in [1.54, 1.807) is 0 Å². The van der Waals surface area contributed by atoms with Crippen molar-refractivity contribution >= 4 is 17.3 Å². The van der Waals surface area contributed by atoms with Gasteiger partial charge in [-0.05, 0) is 45.0 Å². The molecule has 0 fully saturated rings. The molecule has 3 nitrogen and oxygen atoms in total. The fraction of sp³-hybridized carbons (Fsp3) is 0.278. The summed E-state index contributed by atoms with van der Waals surface area (Å²) >= 11 is 0. The van der Waals surface area contributed by atoms with Crippen LogP contribution in [-0.4, -0.2) is 18.5 Å². The molecule has 2 rings (SSSR count). The summed E-state index contributed by atoms with van der Waals surface area (Å²) in [7, 11) is 0. The van der Waals surface area contributed by atoms with Crippen LogP contribution in [0.15, 0.2) is 42.5 Å². The van der Waals surface area contributed by atoms with Crippen LogP contribution in [-0.2, 0) is 4.79 Å². The molecule has 23 heavy (non-hydrogen) atoms. The minimum Gasteiger partial charge on any atom is -0.360 e. The standard InChI is InChI=1S/C18H20F2N2O/c1-12(2)22(15-7-4-13(3)5-8-15)11-18(23)21-17-9-6-14(19)10-16(17)20/h4-10,12H,11H2,1-3H3,(H,21,23). The maximum absolute atomic E-state index is 13.6. The van der Waals surface area contributed by atoms with Crippen molar-refractivity contribution in [3.63, 3.8) is 0 Å². The lowest BCUT2D eigenvalue weighted by Gasteiger charge is -2.28. The molecule has 2 aromatic carbocycles. The molecular weight excluding hydrogens is 298 g/mol. The molecule has 0 aliphatic carbocycles. The fourth-order valence-electron chi connectivity index (χ4n) is 2.24. The Morgan fingerprint density at radius 1 is 1.13 bits per heavy atom. The number of nitrogens with zero attached hydrogens (tertiary/aromatic N) is 1. The highest BCUT2D eigenvalue weighted by Gasteiger charge is 2.16. The summed E-state index contributed by atoms with van der Waals surface area (Å²) in [6, 6.07) is 11.0. The quantitative estimate of drug-likeness (QED) is 0.899. The van der Waals surface area contributed by atoms with Crippen LogP contribution in [0.2, 0.25) is 0 Å². The zero-order chi connectivity index (χ0) is 17.0. The maximum Gasteiger partial charge on any atom is 0.243 e. The number of hydrogen-bond acceptors (Lipinski definition) is 2. The van der Waals surface area contributed by atoms with Gasteiger partial charge in [0.1, 0.15) is 11.6 Å². The number of halogens is 2. The van der Waals surface area contributed by atoms with Gasteiger partial charge in [0, 0.05) is 17.8 Å². The number of carbonyl (C=O) groups excluding carboxylic acids is 1. The summed E-state index contributed by atoms with van der Waals surface area (Å²) in [6.45, 7) is 6.03. The van der Waals surface area contributed by atoms with Crippen molar-refractivity contribution in [2.75, 3.05) is 16.8 Å². The Bertz CT molecular complexity index is 684. The Hall–Kier alpha value is -2.43. The second kappa shape index (κ2) is 7.22. The number of aryl methyl sites for hydroxylation is 1. The van der Waals surface area contributed by atoms with E-state index in [2.05, 4.69) is 5.32 Å². The van der Waals surface area contributed by atoms with Gasteiger partial charge in [-0.15, -0.1) is 0 Å². The van der Waals surface area contributed by atoms with E-state index in [-0.39, 0.29) is 24.2 Å². The lowest BCUT2D eigenvalue weighted by molar-refractivity contribution is -0.115. The highest BCUT2D eigenvalue weighted by Crippen LogP contribution is 2.19. The van der Waals surface area contributed by atoms with Gasteiger partial charge >= 0.3 is 0 Å². The topological polar surface area (TPSA) is 32.3 Å². The molecule has 0 aliphatic rings. The highest BCUT2D eigenvalue weighted by atomic mass is 19.1. The van der Waals surface area contributed by atoms with Crippen LogP contribution in [0.1, 0.15) is 19.4 Å². The van der Waals surface area contributed by atoms with Gasteiger partial charge in [-0.25, -0.2) is 8.78 Å². The van der Waals surface area contributed by atoms with Crippen molar-refractivity contribution in [1.82, 2.24) is 0 Å². The van der Waals surface area contributed by atoms with Crippen LogP contribution in [0.5, 0.6) is 0 Å². The molecule has 0 aromatic heterocycles. The van der Waals surface area contributed by atoms with Crippen LogP contribution in [0.25, 0.3) is 0 Å². The summed E-state index contributed by atoms with van der Waals surface area (Å²) in [6.07, 6.45) is 0. The summed E-state index contributed by atoms with van der Waals surface area (Å²) < 4.78 is 26.5. The monoisotopic (exact) mass is 318 g/mol. The molecule has 0 atom stereocenters. The van der Waals surface area contributed by atoms with Crippen molar-refractivity contribution < 1.29 is 13.6 Å². The molecule has 122 valence electrons. The Morgan fingerprint density at radius 3 is 2.35 bits per heavy atom. The molecule has 0 saturated carbocycles. The number of nitrogens with one attached hydrogen (secondary N) is 1. The van der Waals surface area contributed by atoms with E-state index < -0.39 is 11.6 Å². The van der Waals surface area contributed by atoms with Gasteiger partial charge in [-0.3, -0.25) is 4.79 Å². The summed E-state index contributed by atoms with van der Waals surface area (Å²) in [5, 5.41) is 2.48. The average molecular weight is 318 g/mol. The van der Waals surface area contributed by atoms with E-state index in [1.165, 1.54) is 6.07 Å². The first-order valence-electron chi connectivity index (χ1n) is 7.45. The van der Waals surface area contributed by atoms with Crippen LogP contribution < -0.4 is 10.2 Å². The first-order chi connectivity index (χ1) is 10.9. The van der Waals surface area contributed by atoms with Crippen LogP contribution in [0.3, 0.4) is 0 Å². The molecule has 0 saturated heterocycles. The summed E-state index contributed by atoms with van der Waals surface area (Å²) in [4.78, 5) is 14.1. The molecule has 1 N–H and O–H groups in total. The van der Waals surface area contributed by atoms with E-state index in [1.807, 2.05) is 49.9 Å². The van der Waals surface area contributed by atoms with Gasteiger partial charge in [0.05, 0.1) is 12.2 Å². The van der Waals surface area contributed by atoms with Gasteiger partial charge in [-0.1, -0.05) is 17.7 Å². The van der Waals surface area contributed by atoms with E-state index in [0.29, 0.717) is 0 Å². The second-order valence-corrected chi connectivity index (χ2v) is 5.73. The smallest absolute Gasteiger partial charge is 0.243 e. The lowest BCUT2D eigenvalue weighted by atomic mass is 10.2. The van der Waals surface area contributed by atoms with E-state index in [0.717, 1.165) is 23.4 Å². The van der Waals surface area contributed by atoms with Crippen LogP contribution in [0.4, 0.5) is 20.2 Å². The van der Waals surface area contributed by atoms with Crippen LogP contribution >= 0.6 is 0 Å². The third kappa shape index (κ3) is 4.52. The van der Waals surface area contributed by atoms with Gasteiger partial charge in [0.2, 0.25) is 5.91 Å². The van der Waals surface area contributed by atoms with Crippen molar-refractivity contribution in [3.05, 3.63) is 59.7 Å². The minimum atomic E-state index is -0.787. The summed E-state index contributed by atoms with van der Waals surface area (Å²) in [5.74, 6) is -1.82. The van der Waals surface area contributed by atoms with Gasteiger partial charge in [0.25, 0.3) is 0 Å². The Balaban J connectivity index is 2.10. The number of benzene rings is 2. The van der Waals surface area contributed by atoms with E-state index in [9.17, 15) is 13.6 Å². The van der Waals surface area contributed by atoms with Crippen molar-refractivity contribution in [2.24, 2.45) is 0 Å². The lowest BCUT2D eigenvalue weighted by Crippen LogP contribution is -2.38. The number of anilines is 2. The predicted molar refractivity (Wildman–Crippen MR) is 88.6 cm³/mol. The molecule has 2 aromatic rings. The molecule has 0 spiro atoms. The molecule has 5 heteroatoms. The Kier molecular flexibility index (Phi) is 5.32. The molecule has 0 heterocycles. The van der Waals surface area contributed by atoms with Crippen molar-refractivity contribution in [1.29, 1.82) is 0 Å². The third-order valence-corrected chi connectivity index (χ3v) is 3.51. The summed E-state index contributed by atoms with van der Waals surface area (Å²) in [5.41, 5.74) is 2.03. The number of amides is 1. The third-order valence-electron chi connectivity index (χ3n) is 3.51. The predicted octanol–water partition coefficient (Wildman–Crippen LogP) is 4.13. The van der Waals surface area contributed by atoms with E-state index in [4.69, 9.17) is 0 Å². The number of carbonyl (C=O) groups is 1. The molecule has 0 aliphatic heterocycles. The van der Waals surface area contributed by atoms with Crippen molar-refractivity contribution in [3.8, 4) is 0 Å². The molecule has 1 amide bonds. The number of rotatable bonds is 5. The SMILES string of the molecule is Cc1ccc(N(CC(=O)Nc2ccc(F)cc2F)C(C)C)cc1. The Morgan fingerprint density at radius 2 is 1.78 bits per heavy atom. The average Bonchev–Trinajstić information content (AvgIpc) is 2.48. The molecular formula is C18H20F2N2O. The zero-order valence-electron chi connectivity index (χ0n) is 13.4. The van der Waals surface area contributed by atoms with Crippen molar-refractivity contribution in [2.45, 2.75) is 26.8 Å². The first kappa shape index (κ1) is 16.9. The Labute approximate surface area is 134 Å². The maximum atomic E-state index is 13.6. The van der Waals surface area contributed by atoms with Gasteiger partial charge in [0.15, 0.2) is 0 Å².